The summed E-state index contributed by atoms with van der Waals surface area (Å²) >= 11 is 0. The van der Waals surface area contributed by atoms with Crippen LogP contribution in [-0.4, -0.2) is 96.0 Å². The number of carbonyl (C=O) groups excluding carboxylic acids is 4. The number of nitrogens with zero attached hydrogens (tertiary/aromatic N) is 4. The number of esters is 2. The summed E-state index contributed by atoms with van der Waals surface area (Å²) in [4.78, 5) is 53.3. The average molecular weight is 749 g/mol. The molecule has 54 heavy (non-hydrogen) atoms. The standard InChI is InChI=1S/C40H56N6O8/c1-39(2,3)42-31(38(50)54-40(4,5)6)18-9-8-10-20-35(49)53-22-21-46-37-30-17-13-14-19-32(30)45(34(48)25-41-33(47)27-52-24-23-51-7)26-28-15-11-12-16-29(28)36(37)43-44-46/h11-17,19,31,42H,8-10,18,20-27H2,1-7H3,(H,41,47). The number of amides is 2. The summed E-state index contributed by atoms with van der Waals surface area (Å²) in [5, 5.41) is 15.0. The van der Waals surface area contributed by atoms with Crippen molar-refractivity contribution in [2.75, 3.05) is 45.0 Å². The molecule has 0 saturated heterocycles. The third-order valence-corrected chi connectivity index (χ3v) is 8.43. The average Bonchev–Trinajstić information content (AvgIpc) is 3.51. The highest BCUT2D eigenvalue weighted by atomic mass is 16.6. The molecule has 4 rings (SSSR count). The largest absolute Gasteiger partial charge is 0.464 e. The Hall–Kier alpha value is -4.66. The van der Waals surface area contributed by atoms with E-state index in [9.17, 15) is 19.2 Å². The highest BCUT2D eigenvalue weighted by molar-refractivity contribution is 6.02. The normalized spacial score (nSPS) is 13.1. The number of aromatic nitrogens is 3. The molecule has 14 heteroatoms. The van der Waals surface area contributed by atoms with Gasteiger partial charge in [0.2, 0.25) is 11.8 Å². The van der Waals surface area contributed by atoms with E-state index in [1.165, 1.54) is 0 Å². The SMILES string of the molecule is COCCOCC(=O)NCC(=O)N1Cc2ccccc2-c2nnn(CCOC(=O)CCCCCC(NC(C)(C)C)C(=O)OC(C)(C)C)c2-c2ccccc21. The second-order valence-electron chi connectivity index (χ2n) is 15.3. The van der Waals surface area contributed by atoms with Crippen molar-refractivity contribution < 1.29 is 38.1 Å². The zero-order valence-electron chi connectivity index (χ0n) is 32.7. The maximum atomic E-state index is 13.7. The van der Waals surface area contributed by atoms with Crippen LogP contribution in [0.15, 0.2) is 48.5 Å². The van der Waals surface area contributed by atoms with Crippen molar-refractivity contribution in [3.05, 3.63) is 54.1 Å². The lowest BCUT2D eigenvalue weighted by Crippen LogP contribution is -2.49. The number of fused-ring (bicyclic) bond motifs is 5. The van der Waals surface area contributed by atoms with E-state index in [2.05, 4.69) is 20.9 Å². The molecule has 1 aliphatic heterocycles. The van der Waals surface area contributed by atoms with Gasteiger partial charge in [-0.1, -0.05) is 60.5 Å². The number of para-hydroxylation sites is 1. The number of hydrogen-bond donors (Lipinski definition) is 2. The van der Waals surface area contributed by atoms with Gasteiger partial charge < -0.3 is 29.2 Å². The first-order valence-electron chi connectivity index (χ1n) is 18.6. The number of anilines is 1. The Morgan fingerprint density at radius 1 is 0.889 bits per heavy atom. The highest BCUT2D eigenvalue weighted by Crippen LogP contribution is 2.41. The zero-order chi connectivity index (χ0) is 39.3. The van der Waals surface area contributed by atoms with Crippen LogP contribution in [0.5, 0.6) is 0 Å². The molecule has 14 nitrogen and oxygen atoms in total. The molecule has 0 spiro atoms. The molecule has 2 N–H and O–H groups in total. The number of carbonyl (C=O) groups is 4. The quantitative estimate of drug-likeness (QED) is 0.135. The fourth-order valence-corrected chi connectivity index (χ4v) is 6.08. The monoisotopic (exact) mass is 748 g/mol. The van der Waals surface area contributed by atoms with Crippen LogP contribution in [0.25, 0.3) is 22.5 Å². The lowest BCUT2D eigenvalue weighted by Gasteiger charge is -2.30. The molecule has 2 aromatic carbocycles. The summed E-state index contributed by atoms with van der Waals surface area (Å²) in [7, 11) is 1.55. The fraction of sp³-hybridized carbons (Fsp3) is 0.550. The van der Waals surface area contributed by atoms with Crippen LogP contribution < -0.4 is 15.5 Å². The van der Waals surface area contributed by atoms with Crippen molar-refractivity contribution in [3.8, 4) is 22.5 Å². The van der Waals surface area contributed by atoms with Crippen LogP contribution in [-0.2, 0) is 51.2 Å². The Kier molecular flexibility index (Phi) is 15.3. The van der Waals surface area contributed by atoms with Gasteiger partial charge in [-0.3, -0.25) is 24.5 Å². The van der Waals surface area contributed by atoms with Crippen molar-refractivity contribution in [1.29, 1.82) is 0 Å². The topological polar surface area (TPSA) is 163 Å². The molecule has 1 aliphatic rings. The Bertz CT molecular complexity index is 1730. The number of hydrogen-bond acceptors (Lipinski definition) is 11. The van der Waals surface area contributed by atoms with Gasteiger partial charge in [0, 0.05) is 30.2 Å². The minimum atomic E-state index is -0.573. The number of methoxy groups -OCH3 is 1. The van der Waals surface area contributed by atoms with E-state index in [1.807, 2.05) is 90.1 Å². The third kappa shape index (κ3) is 12.7. The van der Waals surface area contributed by atoms with Crippen LogP contribution in [0.1, 0.15) is 79.2 Å². The number of benzene rings is 2. The van der Waals surface area contributed by atoms with Crippen LogP contribution in [0.4, 0.5) is 5.69 Å². The first-order chi connectivity index (χ1) is 25.7. The van der Waals surface area contributed by atoms with Gasteiger partial charge in [0.1, 0.15) is 30.6 Å². The van der Waals surface area contributed by atoms with E-state index < -0.39 is 17.6 Å². The van der Waals surface area contributed by atoms with Gasteiger partial charge in [-0.05, 0) is 66.0 Å². The van der Waals surface area contributed by atoms with Crippen molar-refractivity contribution in [3.63, 3.8) is 0 Å². The number of nitrogens with one attached hydrogen (secondary N) is 2. The first-order valence-corrected chi connectivity index (χ1v) is 18.6. The summed E-state index contributed by atoms with van der Waals surface area (Å²) < 4.78 is 23.2. The van der Waals surface area contributed by atoms with Gasteiger partial charge in [0.15, 0.2) is 0 Å². The molecule has 0 fully saturated rings. The molecule has 0 radical (unpaired) electrons. The molecule has 0 saturated carbocycles. The van der Waals surface area contributed by atoms with Crippen molar-refractivity contribution in [2.45, 2.75) is 104 Å². The molecule has 1 atom stereocenters. The van der Waals surface area contributed by atoms with Gasteiger partial charge in [0.05, 0.1) is 44.2 Å². The summed E-state index contributed by atoms with van der Waals surface area (Å²) in [6.45, 7) is 12.4. The van der Waals surface area contributed by atoms with Crippen LogP contribution in [0.2, 0.25) is 0 Å². The Labute approximate surface area is 318 Å². The predicted molar refractivity (Wildman–Crippen MR) is 204 cm³/mol. The smallest absolute Gasteiger partial charge is 0.323 e. The Morgan fingerprint density at radius 3 is 2.33 bits per heavy atom. The van der Waals surface area contributed by atoms with Crippen molar-refractivity contribution in [1.82, 2.24) is 25.6 Å². The Morgan fingerprint density at radius 2 is 1.61 bits per heavy atom. The maximum absolute atomic E-state index is 13.7. The molecule has 294 valence electrons. The van der Waals surface area contributed by atoms with Gasteiger partial charge >= 0.3 is 11.9 Å². The van der Waals surface area contributed by atoms with Crippen molar-refractivity contribution in [2.24, 2.45) is 0 Å². The maximum Gasteiger partial charge on any atom is 0.323 e. The third-order valence-electron chi connectivity index (χ3n) is 8.43. The Balaban J connectivity index is 1.38. The lowest BCUT2D eigenvalue weighted by molar-refractivity contribution is -0.158. The summed E-state index contributed by atoms with van der Waals surface area (Å²) in [6.07, 6.45) is 2.99. The molecule has 3 aromatic rings. The second kappa shape index (κ2) is 19.6. The number of rotatable bonds is 18. The minimum absolute atomic E-state index is 0.0792. The van der Waals surface area contributed by atoms with Gasteiger partial charge in [-0.2, -0.15) is 0 Å². The molecule has 1 aromatic heterocycles. The van der Waals surface area contributed by atoms with Crippen molar-refractivity contribution >= 4 is 29.4 Å². The molecule has 2 amide bonds. The van der Waals surface area contributed by atoms with Crippen LogP contribution >= 0.6 is 0 Å². The predicted octanol–water partition coefficient (Wildman–Crippen LogP) is 4.83. The van der Waals surface area contributed by atoms with Gasteiger partial charge in [-0.25, -0.2) is 4.68 Å². The van der Waals surface area contributed by atoms with E-state index in [0.29, 0.717) is 36.5 Å². The molecular weight excluding hydrogens is 692 g/mol. The van der Waals surface area contributed by atoms with E-state index in [-0.39, 0.29) is 69.3 Å². The molecule has 1 unspecified atom stereocenters. The van der Waals surface area contributed by atoms with Gasteiger partial charge in [-0.15, -0.1) is 5.10 Å². The molecule has 0 aliphatic carbocycles. The second-order valence-corrected chi connectivity index (χ2v) is 15.3. The van der Waals surface area contributed by atoms with Crippen LogP contribution in [0.3, 0.4) is 0 Å². The number of unbranched alkanes of at least 4 members (excludes halogenated alkanes) is 2. The highest BCUT2D eigenvalue weighted by Gasteiger charge is 2.30. The molecule has 0 bridgehead atoms. The van der Waals surface area contributed by atoms with E-state index in [1.54, 1.807) is 16.7 Å². The fourth-order valence-electron chi connectivity index (χ4n) is 6.08. The summed E-state index contributed by atoms with van der Waals surface area (Å²) in [5.41, 5.74) is 3.56. The van der Waals surface area contributed by atoms with E-state index in [4.69, 9.17) is 18.9 Å². The summed E-state index contributed by atoms with van der Waals surface area (Å²) in [5.74, 6) is -1.29. The van der Waals surface area contributed by atoms with Crippen LogP contribution in [0, 0.1) is 0 Å². The molecular formula is C40H56N6O8. The number of ether oxygens (including phenoxy) is 4. The first kappa shape index (κ1) is 42.1. The zero-order valence-corrected chi connectivity index (χ0v) is 32.7. The lowest BCUT2D eigenvalue weighted by atomic mass is 9.95. The molecule has 2 heterocycles. The van der Waals surface area contributed by atoms with E-state index >= 15 is 0 Å². The van der Waals surface area contributed by atoms with Gasteiger partial charge in [0.25, 0.3) is 0 Å². The summed E-state index contributed by atoms with van der Waals surface area (Å²) in [6, 6.07) is 14.7. The minimum Gasteiger partial charge on any atom is -0.464 e. The van der Waals surface area contributed by atoms with E-state index in [0.717, 1.165) is 29.5 Å².